The van der Waals surface area contributed by atoms with Gasteiger partial charge in [-0.2, -0.15) is 0 Å². The van der Waals surface area contributed by atoms with Gasteiger partial charge < -0.3 is 11.7 Å². The van der Waals surface area contributed by atoms with Crippen molar-refractivity contribution in [3.63, 3.8) is 0 Å². The van der Waals surface area contributed by atoms with Gasteiger partial charge in [-0.05, 0) is 11.8 Å². The fourth-order valence-corrected chi connectivity index (χ4v) is 1.09. The van der Waals surface area contributed by atoms with Gasteiger partial charge in [0.2, 0.25) is 0 Å². The third-order valence-electron chi connectivity index (χ3n) is 2.27. The Bertz CT molecular complexity index is 97.8. The fourth-order valence-electron chi connectivity index (χ4n) is 1.09. The van der Waals surface area contributed by atoms with Crippen LogP contribution in [0.1, 0.15) is 13.8 Å². The van der Waals surface area contributed by atoms with Gasteiger partial charge in [0, 0.05) is 27.1 Å². The van der Waals surface area contributed by atoms with E-state index >= 15 is 0 Å². The molecule has 0 N–H and O–H groups in total. The van der Waals surface area contributed by atoms with E-state index in [0.717, 1.165) is 0 Å². The summed E-state index contributed by atoms with van der Waals surface area (Å²) < 4.78 is 5.25. The first-order valence-corrected chi connectivity index (χ1v) is 3.37. The van der Waals surface area contributed by atoms with E-state index < -0.39 is 0 Å². The van der Waals surface area contributed by atoms with Crippen molar-refractivity contribution in [2.24, 2.45) is 11.8 Å². The topological polar surface area (TPSA) is 9.23 Å². The molecule has 1 saturated heterocycles. The molecule has 0 aromatic rings. The smallest absolute Gasteiger partial charge is 0.109 e. The Morgan fingerprint density at radius 1 is 1.30 bits per heavy atom. The number of ether oxygens (including phenoxy) is 1. The van der Waals surface area contributed by atoms with E-state index in [1.54, 1.807) is 0 Å². The van der Waals surface area contributed by atoms with Crippen molar-refractivity contribution in [1.82, 2.24) is 0 Å². The summed E-state index contributed by atoms with van der Waals surface area (Å²) in [4.78, 5) is 0. The normalized spacial score (nSPS) is 46.7. The Morgan fingerprint density at radius 2 is 1.80 bits per heavy atom. The van der Waals surface area contributed by atoms with Crippen LogP contribution in [0.3, 0.4) is 0 Å². The van der Waals surface area contributed by atoms with Crippen molar-refractivity contribution >= 4 is 7.85 Å². The van der Waals surface area contributed by atoms with Crippen molar-refractivity contribution in [1.29, 1.82) is 0 Å². The van der Waals surface area contributed by atoms with Gasteiger partial charge in [0.1, 0.15) is 7.85 Å². The van der Waals surface area contributed by atoms with Crippen LogP contribution in [0.4, 0.5) is 0 Å². The van der Waals surface area contributed by atoms with Crippen LogP contribution in [0.25, 0.3) is 0 Å². The Balaban J connectivity index is 0.000000810. The summed E-state index contributed by atoms with van der Waals surface area (Å²) in [6, 6.07) is -0.0949. The van der Waals surface area contributed by atoms with Crippen LogP contribution in [0, 0.1) is 18.8 Å². The molecule has 10 heavy (non-hydrogen) atoms. The van der Waals surface area contributed by atoms with Gasteiger partial charge >= 0.3 is 0 Å². The minimum atomic E-state index is -0.0949. The molecule has 2 radical (unpaired) electrons. The van der Waals surface area contributed by atoms with Gasteiger partial charge in [-0.1, -0.05) is 20.0 Å². The molecule has 0 aromatic carbocycles. The number of rotatable bonds is 0. The SMILES string of the molecule is [B]C1OC([CH2-])[C@H](C)C1C.[W]. The molecule has 3 unspecified atom stereocenters. The van der Waals surface area contributed by atoms with Crippen LogP contribution in [0.2, 0.25) is 0 Å². The molecule has 0 aliphatic carbocycles. The zero-order chi connectivity index (χ0) is 7.02. The van der Waals surface area contributed by atoms with Crippen molar-refractivity contribution in [2.45, 2.75) is 26.0 Å². The van der Waals surface area contributed by atoms with Crippen LogP contribution in [-0.2, 0) is 25.8 Å². The summed E-state index contributed by atoms with van der Waals surface area (Å²) in [5.74, 6) is 0.951. The summed E-state index contributed by atoms with van der Waals surface area (Å²) in [6.45, 7) is 8.04. The van der Waals surface area contributed by atoms with Crippen molar-refractivity contribution in [3.05, 3.63) is 6.92 Å². The summed E-state index contributed by atoms with van der Waals surface area (Å²) in [5, 5.41) is 0. The Morgan fingerprint density at radius 3 is 1.90 bits per heavy atom. The quantitative estimate of drug-likeness (QED) is 0.479. The molecular formula is C7H12BOW-. The Kier molecular flexibility index (Phi) is 4.20. The van der Waals surface area contributed by atoms with Gasteiger partial charge in [-0.3, -0.25) is 0 Å². The standard InChI is InChI=1S/C7H12BO.W/c1-4-5(2)7(8)9-6(4)3;/h4-7H,3H2,1-2H3;/q-1;/t4-,5?,6?,7?;/m1./s1. The van der Waals surface area contributed by atoms with Crippen molar-refractivity contribution < 1.29 is 25.8 Å². The van der Waals surface area contributed by atoms with Crippen molar-refractivity contribution in [3.8, 4) is 0 Å². The second-order valence-corrected chi connectivity index (χ2v) is 2.86. The van der Waals surface area contributed by atoms with Gasteiger partial charge in [0.15, 0.2) is 0 Å². The summed E-state index contributed by atoms with van der Waals surface area (Å²) in [5.41, 5.74) is 0. The Hall–Kier alpha value is 0.713. The first-order chi connectivity index (χ1) is 4.13. The maximum atomic E-state index is 5.60. The summed E-state index contributed by atoms with van der Waals surface area (Å²) >= 11 is 0. The molecule has 1 aliphatic rings. The monoisotopic (exact) mass is 307 g/mol. The maximum Gasteiger partial charge on any atom is 0.109 e. The van der Waals surface area contributed by atoms with Crippen LogP contribution < -0.4 is 0 Å². The van der Waals surface area contributed by atoms with Gasteiger partial charge in [-0.25, -0.2) is 0 Å². The van der Waals surface area contributed by atoms with E-state index in [0.29, 0.717) is 11.8 Å². The molecule has 56 valence electrons. The third-order valence-corrected chi connectivity index (χ3v) is 2.27. The third kappa shape index (κ3) is 1.86. The van der Waals surface area contributed by atoms with E-state index in [4.69, 9.17) is 12.6 Å². The molecule has 0 amide bonds. The average Bonchev–Trinajstić information content (AvgIpc) is 1.98. The largest absolute Gasteiger partial charge is 0.416 e. The van der Waals surface area contributed by atoms with E-state index in [2.05, 4.69) is 20.8 Å². The molecular weight excluding hydrogens is 295 g/mol. The molecule has 3 heteroatoms. The minimum absolute atomic E-state index is 0. The van der Waals surface area contributed by atoms with Crippen molar-refractivity contribution in [2.75, 3.05) is 0 Å². The van der Waals surface area contributed by atoms with Gasteiger partial charge in [-0.15, -0.1) is 0 Å². The van der Waals surface area contributed by atoms with E-state index in [1.807, 2.05) is 0 Å². The van der Waals surface area contributed by atoms with Crippen LogP contribution in [-0.4, -0.2) is 20.0 Å². The predicted molar refractivity (Wildman–Crippen MR) is 38.1 cm³/mol. The van der Waals surface area contributed by atoms with Crippen LogP contribution >= 0.6 is 0 Å². The van der Waals surface area contributed by atoms with E-state index in [1.165, 1.54) is 0 Å². The molecule has 1 rings (SSSR count). The second kappa shape index (κ2) is 3.92. The summed E-state index contributed by atoms with van der Waals surface area (Å²) in [7, 11) is 5.60. The Labute approximate surface area is 78.6 Å². The van der Waals surface area contributed by atoms with Gasteiger partial charge in [0.25, 0.3) is 0 Å². The molecule has 0 spiro atoms. The number of hydrogen-bond acceptors (Lipinski definition) is 1. The zero-order valence-corrected chi connectivity index (χ0v) is 9.34. The molecule has 4 atom stereocenters. The average molecular weight is 307 g/mol. The molecule has 0 aromatic heterocycles. The molecule has 1 fully saturated rings. The summed E-state index contributed by atoms with van der Waals surface area (Å²) in [6.07, 6.45) is 0.0926. The predicted octanol–water partition coefficient (Wildman–Crippen LogP) is 0.984. The first kappa shape index (κ1) is 10.7. The molecule has 1 aliphatic heterocycles. The molecule has 0 saturated carbocycles. The zero-order valence-electron chi connectivity index (χ0n) is 6.41. The maximum absolute atomic E-state index is 5.60. The van der Waals surface area contributed by atoms with Crippen LogP contribution in [0.5, 0.6) is 0 Å². The molecule has 0 bridgehead atoms. The molecule has 1 heterocycles. The molecule has 1 nitrogen and oxygen atoms in total. The van der Waals surface area contributed by atoms with Gasteiger partial charge in [0.05, 0.1) is 0 Å². The van der Waals surface area contributed by atoms with Crippen LogP contribution in [0.15, 0.2) is 0 Å². The van der Waals surface area contributed by atoms with E-state index in [9.17, 15) is 0 Å². The second-order valence-electron chi connectivity index (χ2n) is 2.86. The minimum Gasteiger partial charge on any atom is -0.416 e. The van der Waals surface area contributed by atoms with E-state index in [-0.39, 0.29) is 33.2 Å². The first-order valence-electron chi connectivity index (χ1n) is 3.37. The number of hydrogen-bond donors (Lipinski definition) is 0. The fraction of sp³-hybridized carbons (Fsp3) is 0.857.